The molecular weight excluding hydrogens is 1970 g/mol. The summed E-state index contributed by atoms with van der Waals surface area (Å²) in [5.41, 5.74) is -0.591. The van der Waals surface area contributed by atoms with Crippen LogP contribution in [0.5, 0.6) is 0 Å². The highest BCUT2D eigenvalue weighted by Crippen LogP contribution is 2.43. The lowest BCUT2D eigenvalue weighted by Crippen LogP contribution is -2.32. The summed E-state index contributed by atoms with van der Waals surface area (Å²) in [5, 5.41) is 1.18. The molecule has 9 N–H and O–H groups in total. The fourth-order valence-electron chi connectivity index (χ4n) is 6.77. The minimum absolute atomic E-state index is 0.00303. The van der Waals surface area contributed by atoms with E-state index in [9.17, 15) is 101 Å². The van der Waals surface area contributed by atoms with Crippen LogP contribution in [-0.2, 0) is 138 Å². The Morgan fingerprint density at radius 1 is 0.508 bits per heavy atom. The number of nitrogens with one attached hydrogen (secondary N) is 4. The van der Waals surface area contributed by atoms with Crippen molar-refractivity contribution < 1.29 is 134 Å². The van der Waals surface area contributed by atoms with Crippen LogP contribution in [0.15, 0.2) is 47.2 Å². The molecule has 0 bridgehead atoms. The number of ketones is 2. The fraction of sp³-hybridized carbons (Fsp3) is 0.852. The highest BCUT2D eigenvalue weighted by molar-refractivity contribution is 8.09. The van der Waals surface area contributed by atoms with Crippen molar-refractivity contribution in [2.45, 2.75) is 220 Å². The van der Waals surface area contributed by atoms with Gasteiger partial charge in [0.15, 0.2) is 31.9 Å². The monoisotopic (exact) mass is 2150 g/mol. The molecule has 0 aromatic heterocycles. The van der Waals surface area contributed by atoms with Gasteiger partial charge in [0.1, 0.15) is 33.7 Å². The predicted molar refractivity (Wildman–Crippen MR) is 553 cm³/mol. The van der Waals surface area contributed by atoms with Crippen molar-refractivity contribution in [1.82, 2.24) is 23.2 Å². The summed E-state index contributed by atoms with van der Waals surface area (Å²) in [6.07, 6.45) is 12.4. The molecule has 6 unspecified atom stereocenters. The van der Waals surface area contributed by atoms with E-state index in [1.165, 1.54) is 70.8 Å². The van der Waals surface area contributed by atoms with Gasteiger partial charge in [-0.3, -0.25) is 41.6 Å². The summed E-state index contributed by atoms with van der Waals surface area (Å²) >= 11 is 4.76. The van der Waals surface area contributed by atoms with Crippen molar-refractivity contribution >= 4 is 150 Å². The average molecular weight is 2150 g/mol. The number of carbonyl (C=O) groups is 3. The summed E-state index contributed by atoms with van der Waals surface area (Å²) in [6, 6.07) is 0. The first-order valence-corrected chi connectivity index (χ1v) is 68.7. The van der Waals surface area contributed by atoms with E-state index in [0.29, 0.717) is 97.7 Å². The number of allylic oxidation sites excluding steroid dienone is 4. The van der Waals surface area contributed by atoms with Gasteiger partial charge in [0.25, 0.3) is 0 Å². The number of sulfonamides is 4. The molecule has 0 aliphatic carbocycles. The van der Waals surface area contributed by atoms with Gasteiger partial charge >= 0.3 is 0 Å². The van der Waals surface area contributed by atoms with E-state index in [0.717, 1.165) is 57.1 Å². The lowest BCUT2D eigenvalue weighted by Gasteiger charge is -2.19. The topological polar surface area (TPSA) is 556 Å². The van der Waals surface area contributed by atoms with Crippen LogP contribution in [0.4, 0.5) is 0 Å². The van der Waals surface area contributed by atoms with Gasteiger partial charge in [-0.25, -0.2) is 77.4 Å². The standard InChI is InChI=1S/C8H17NOS.C7H17O4PS.C7H15O3PS.C7H14O2.C6H15NO2S.C6H13NO2S.C6H14O3S.3C6H13O2P.C6H14O2S.C5H11NO3S.C5H13NO2S/c1-8(2)7-9-5-4-6-11(9,3)10;1-7(2)4-5-13(10,11)6-12(3,8)9;1-6(2)4-10-11(9,12)5-7(3)8;1-6(2)4-9-5-7(3)8;2*1-6(2)4-5-10(8,9)7-3;1-6(2)4-9-5-10(3,7)8;3*1-6(2)4-5-9(3,7)8;1-4-9(7,8)5-6(2)3;1-4(2)5(7)6-10(3,8)9;1-5(2)4-6-9(3,7)8/h8H,3-7H2,1-2H3;7H,4-6H2,1-3H3,(H,8,9);6H,4-5H2,1-3H3,(H,9,12);6H,4-5H2,1-3H3;6-7H,4-5H2,1-3H3;4-7H,1-3H3;6H,4-5H2,1-3H3;3*4-6H,1-3H3,(H,7,8);6H,4-5H2,1-3H3;4H,1-3H3,(H,6,7);5-6H,4H2,1-3H3/b;;;;;5-4+;;3*5-4+;;;. The van der Waals surface area contributed by atoms with Crippen LogP contribution in [-0.4, -0.2) is 267 Å². The van der Waals surface area contributed by atoms with Crippen molar-refractivity contribution in [3.8, 4) is 0 Å². The average Bonchev–Trinajstić information content (AvgIpc) is 1.70. The maximum Gasteiger partial charge on any atom is 0.235 e. The molecule has 1 fully saturated rings. The molecule has 1 aliphatic rings. The lowest BCUT2D eigenvalue weighted by molar-refractivity contribution is -0.122. The van der Waals surface area contributed by atoms with Gasteiger partial charge in [-0.05, 0) is 153 Å². The Kier molecular flexibility index (Phi) is 93.8. The van der Waals surface area contributed by atoms with Crippen molar-refractivity contribution in [3.63, 3.8) is 0 Å². The molecule has 1 rings (SSSR count). The van der Waals surface area contributed by atoms with Crippen LogP contribution in [0.2, 0.25) is 0 Å². The second kappa shape index (κ2) is 79.2. The molecule has 0 saturated carbocycles. The SMILES string of the molecule is C=S1(=O)CCCN1CC(C)C.CC(=O)COCC(C)C.CC(=O)CP(O)(=S)OCC(C)C.CC(C)/C=C/P(C)(=O)O.CC(C)/C=C/P(C)(=O)O.CC(C)/C=C/P(C)(=O)O.CC(C)C(=O)NS(C)(=O)=O.CC(C)CCS(=O)(=O)CP(C)(=O)O.CC(C)CNS(C)(=O)=O.CC(C)COCS(C)(=O)=O.CCS(=O)(=O)CC(C)C.CNS(=O)(=O)/C=C/C(C)C.CNS(=O)(=O)CCC(C)C. The second-order valence-corrected chi connectivity index (χ2v) is 65.6. The smallest absolute Gasteiger partial charge is 0.235 e. The first kappa shape index (κ1) is 154. The molecule has 0 spiro atoms. The van der Waals surface area contributed by atoms with Crippen molar-refractivity contribution in [2.24, 2.45) is 76.9 Å². The molecule has 6 atom stereocenters. The molecule has 130 heavy (non-hydrogen) atoms. The zero-order valence-corrected chi connectivity index (χ0v) is 97.7. The van der Waals surface area contributed by atoms with Gasteiger partial charge in [0.05, 0.1) is 49.1 Å². The highest BCUT2D eigenvalue weighted by atomic mass is 32.5. The van der Waals surface area contributed by atoms with Crippen LogP contribution in [0.1, 0.15) is 220 Å². The molecule has 0 radical (unpaired) electrons. The van der Waals surface area contributed by atoms with Crippen LogP contribution in [0.3, 0.4) is 0 Å². The molecule has 0 aromatic carbocycles. The van der Waals surface area contributed by atoms with Crippen LogP contribution in [0.25, 0.3) is 0 Å². The normalized spacial score (nSPS) is 16.2. The van der Waals surface area contributed by atoms with E-state index in [4.69, 9.17) is 45.4 Å². The first-order chi connectivity index (χ1) is 57.4. The number of nitrogens with zero attached hydrogens (tertiary/aromatic N) is 1. The molecule has 49 heteroatoms. The van der Waals surface area contributed by atoms with Gasteiger partial charge < -0.3 is 38.5 Å². The number of hydrogen-bond acceptors (Lipinski definition) is 26. The van der Waals surface area contributed by atoms with E-state index >= 15 is 0 Å². The molecule has 790 valence electrons. The van der Waals surface area contributed by atoms with Crippen LogP contribution < -0.4 is 18.9 Å². The number of rotatable bonds is 41. The number of sulfone groups is 3. The quantitative estimate of drug-likeness (QED) is 0.0203. The zero-order valence-electron chi connectivity index (χ0n) is 85.9. The molecule has 1 heterocycles. The third kappa shape index (κ3) is 163. The van der Waals surface area contributed by atoms with Crippen molar-refractivity contribution in [3.05, 3.63) is 47.2 Å². The summed E-state index contributed by atoms with van der Waals surface area (Å²) in [4.78, 5) is 76.1. The Hall–Kier alpha value is -1.47. The third-order valence-corrected chi connectivity index (χ3v) is 30.1. The second-order valence-electron chi connectivity index (χ2n) is 36.1. The molecule has 1 saturated heterocycles. The van der Waals surface area contributed by atoms with Gasteiger partial charge in [0.2, 0.25) is 75.5 Å². The van der Waals surface area contributed by atoms with Gasteiger partial charge in [-0.1, -0.05) is 211 Å². The van der Waals surface area contributed by atoms with Crippen LogP contribution in [0, 0.1) is 76.9 Å². The number of carbonyl (C=O) groups excluding carboxylic acids is 3. The van der Waals surface area contributed by atoms with E-state index in [1.54, 1.807) is 45.1 Å². The Labute approximate surface area is 797 Å². The highest BCUT2D eigenvalue weighted by Gasteiger charge is 2.24. The maximum atomic E-state index is 11.7. The number of Topliss-reactive ketones (excluding diaryl/α,β-unsaturated/α-hetero) is 2. The Balaban J connectivity index is -0.000000116. The molecular formula is C81H182N5O30P5S9. The van der Waals surface area contributed by atoms with Gasteiger partial charge in [0, 0.05) is 91.7 Å². The molecule has 35 nitrogen and oxygen atoms in total. The summed E-state index contributed by atoms with van der Waals surface area (Å²) in [7, 11) is -32.6. The number of hydrogen-bond donors (Lipinski definition) is 9. The predicted octanol–water partition coefficient (Wildman–Crippen LogP) is 14.2. The van der Waals surface area contributed by atoms with E-state index in [2.05, 4.69) is 47.7 Å². The molecule has 0 aromatic rings. The zero-order chi connectivity index (χ0) is 107. The van der Waals surface area contributed by atoms with Crippen molar-refractivity contribution in [1.29, 1.82) is 0 Å². The van der Waals surface area contributed by atoms with Crippen LogP contribution >= 0.6 is 36.0 Å². The Morgan fingerprint density at radius 2 is 0.885 bits per heavy atom. The Morgan fingerprint density at radius 3 is 1.10 bits per heavy atom. The minimum Gasteiger partial charge on any atom is -0.373 e. The molecule has 1 amide bonds. The molecule has 1 aliphatic heterocycles. The largest absolute Gasteiger partial charge is 0.373 e. The van der Waals surface area contributed by atoms with Gasteiger partial charge in [-0.2, -0.15) is 0 Å². The number of ether oxygens (including phenoxy) is 2. The lowest BCUT2D eigenvalue weighted by atomic mass is 10.2. The third-order valence-electron chi connectivity index (χ3n) is 12.9. The minimum atomic E-state index is -3.44. The van der Waals surface area contributed by atoms with Crippen molar-refractivity contribution in [2.75, 3.05) is 152 Å². The fourth-order valence-corrected chi connectivity index (χ4v) is 21.3. The summed E-state index contributed by atoms with van der Waals surface area (Å²) in [5.74, 6) is 13.1. The first-order valence-electron chi connectivity index (χ1n) is 42.5. The summed E-state index contributed by atoms with van der Waals surface area (Å²) < 4.78 is 230. The maximum absolute atomic E-state index is 11.7. The van der Waals surface area contributed by atoms with E-state index in [-0.39, 0.29) is 65.3 Å². The summed E-state index contributed by atoms with van der Waals surface area (Å²) in [6.45, 7) is 61.9. The Bertz CT molecular complexity index is 4260. The van der Waals surface area contributed by atoms with E-state index in [1.807, 2.05) is 148 Å². The van der Waals surface area contributed by atoms with Gasteiger partial charge in [-0.15, -0.1) is 0 Å². The number of amides is 1. The van der Waals surface area contributed by atoms with E-state index < -0.39 is 127 Å².